The van der Waals surface area contributed by atoms with E-state index >= 15 is 0 Å². The zero-order valence-corrected chi connectivity index (χ0v) is 18.2. The van der Waals surface area contributed by atoms with Crippen LogP contribution in [0.15, 0.2) is 108 Å². The van der Waals surface area contributed by atoms with Crippen LogP contribution in [0.2, 0.25) is 0 Å². The summed E-state index contributed by atoms with van der Waals surface area (Å²) in [6.45, 7) is 0. The molecule has 162 valence electrons. The fourth-order valence-electron chi connectivity index (χ4n) is 2.92. The molecule has 0 spiro atoms. The Morgan fingerprint density at radius 3 is 1.44 bits per heavy atom. The molecule has 0 atom stereocenters. The van der Waals surface area contributed by atoms with Gasteiger partial charge in [-0.3, -0.25) is 0 Å². The van der Waals surface area contributed by atoms with Crippen LogP contribution in [0.4, 0.5) is 0 Å². The van der Waals surface area contributed by atoms with Crippen LogP contribution in [0.5, 0.6) is 0 Å². The first kappa shape index (κ1) is 23.6. The van der Waals surface area contributed by atoms with Crippen LogP contribution in [-0.2, 0) is 0 Å². The Hall–Kier alpha value is -3.03. The highest BCUT2D eigenvalue weighted by Gasteiger charge is 2.19. The van der Waals surface area contributed by atoms with E-state index in [-0.39, 0.29) is 0 Å². The minimum Gasteiger partial charge on any atom is -0.222 e. The lowest BCUT2D eigenvalue weighted by Crippen LogP contribution is -2.68. The summed E-state index contributed by atoms with van der Waals surface area (Å²) in [5, 5.41) is 0.694. The van der Waals surface area contributed by atoms with Crippen LogP contribution >= 0.6 is 11.6 Å². The molecule has 1 aromatic heterocycles. The summed E-state index contributed by atoms with van der Waals surface area (Å²) < 4.78 is 40.2. The van der Waals surface area contributed by atoms with E-state index in [2.05, 4.69) is 0 Å². The topological polar surface area (TPSA) is 104 Å². The van der Waals surface area contributed by atoms with Crippen LogP contribution in [-0.4, -0.2) is 0 Å². The van der Waals surface area contributed by atoms with Gasteiger partial charge in [0.05, 0.1) is 23.3 Å². The summed E-state index contributed by atoms with van der Waals surface area (Å²) in [6.07, 6.45) is 1.98. The molecule has 0 saturated heterocycles. The van der Waals surface area contributed by atoms with Crippen molar-refractivity contribution in [3.8, 4) is 22.6 Å². The van der Waals surface area contributed by atoms with E-state index < -0.39 is 10.2 Å². The highest BCUT2D eigenvalue weighted by molar-refractivity contribution is 6.51. The van der Waals surface area contributed by atoms with Gasteiger partial charge in [-0.25, -0.2) is 23.1 Å². The van der Waals surface area contributed by atoms with E-state index in [1.54, 1.807) is 0 Å². The first-order valence-corrected chi connectivity index (χ1v) is 11.0. The molecule has 0 aliphatic heterocycles. The van der Waals surface area contributed by atoms with Crippen molar-refractivity contribution in [2.45, 2.75) is 0 Å². The summed E-state index contributed by atoms with van der Waals surface area (Å²) in [7, 11) is -4.94. The van der Waals surface area contributed by atoms with Crippen LogP contribution in [0, 0.1) is 10.2 Å². The summed E-state index contributed by atoms with van der Waals surface area (Å²) in [4.78, 5) is 0. The minimum absolute atomic E-state index is 0.694. The molecule has 0 fully saturated rings. The Labute approximate surface area is 192 Å². The van der Waals surface area contributed by atoms with Crippen molar-refractivity contribution in [1.82, 2.24) is 0 Å². The van der Waals surface area contributed by atoms with Crippen LogP contribution < -0.4 is 18.6 Å². The lowest BCUT2D eigenvalue weighted by Gasteiger charge is -2.17. The van der Waals surface area contributed by atoms with E-state index in [1.807, 2.05) is 109 Å². The molecule has 0 aliphatic carbocycles. The van der Waals surface area contributed by atoms with E-state index in [1.165, 1.54) is 0 Å². The molecule has 0 N–H and O–H groups in total. The number of rotatable bonds is 4. The van der Waals surface area contributed by atoms with Crippen molar-refractivity contribution in [1.29, 1.82) is 0 Å². The van der Waals surface area contributed by atoms with Gasteiger partial charge in [0.1, 0.15) is 0 Å². The lowest BCUT2D eigenvalue weighted by molar-refractivity contribution is -2.00. The van der Waals surface area contributed by atoms with Crippen LogP contribution in [0.25, 0.3) is 33.8 Å². The van der Waals surface area contributed by atoms with Crippen molar-refractivity contribution >= 4 is 22.7 Å². The van der Waals surface area contributed by atoms with Gasteiger partial charge in [-0.2, -0.15) is 0 Å². The van der Waals surface area contributed by atoms with E-state index in [0.29, 0.717) is 5.03 Å². The maximum atomic E-state index is 8.49. The average Bonchev–Trinajstić information content (AvgIpc) is 2.79. The first-order valence-electron chi connectivity index (χ1n) is 9.43. The normalized spacial score (nSPS) is 11.5. The Kier molecular flexibility index (Phi) is 8.14. The van der Waals surface area contributed by atoms with Crippen molar-refractivity contribution in [2.24, 2.45) is 0 Å². The molecule has 4 aromatic rings. The third kappa shape index (κ3) is 7.59. The molecule has 3 aromatic carbocycles. The van der Waals surface area contributed by atoms with E-state index in [9.17, 15) is 0 Å². The van der Waals surface area contributed by atoms with Crippen LogP contribution in [0.1, 0.15) is 11.1 Å². The van der Waals surface area contributed by atoms with Crippen molar-refractivity contribution < 1.29 is 33.3 Å². The second-order valence-electron chi connectivity index (χ2n) is 6.59. The molecule has 0 amide bonds. The summed E-state index contributed by atoms with van der Waals surface area (Å²) in [5.41, 5.74) is 4.04. The fourth-order valence-corrected chi connectivity index (χ4v) is 3.17. The second kappa shape index (κ2) is 11.0. The largest absolute Gasteiger partial charge is 0.361 e. The second-order valence-corrected chi connectivity index (χ2v) is 7.75. The van der Waals surface area contributed by atoms with E-state index in [4.69, 9.17) is 34.7 Å². The average molecular weight is 469 g/mol. The fraction of sp³-hybridized carbons (Fsp3) is 0. The highest BCUT2D eigenvalue weighted by atomic mass is 35.7. The molecule has 0 radical (unpaired) electrons. The standard InChI is InChI=1S/C25H18ClO.ClHO4/c26-23(20-10-4-1-5-11-20)16-19-17-24(21-12-6-2-7-13-21)27-25(18-19)22-14-8-3-9-15-22;2-1(3,4)5/h1-18H;(H,2,3,4,5)/q+1;/p-1/b23-16-;. The molecule has 4 rings (SSSR count). The van der Waals surface area contributed by atoms with Gasteiger partial charge in [0.15, 0.2) is 0 Å². The Morgan fingerprint density at radius 2 is 1.03 bits per heavy atom. The summed E-state index contributed by atoms with van der Waals surface area (Å²) in [6, 6.07) is 34.2. The van der Waals surface area contributed by atoms with Crippen LogP contribution in [0.3, 0.4) is 0 Å². The molecule has 5 nitrogen and oxygen atoms in total. The molecule has 0 saturated carbocycles. The van der Waals surface area contributed by atoms with Gasteiger partial charge >= 0.3 is 11.5 Å². The van der Waals surface area contributed by atoms with Gasteiger partial charge in [-0.1, -0.05) is 78.3 Å². The smallest absolute Gasteiger partial charge is 0.222 e. The third-order valence-electron chi connectivity index (χ3n) is 4.28. The molecule has 0 unspecified atom stereocenters. The molecule has 0 aliphatic rings. The van der Waals surface area contributed by atoms with Gasteiger partial charge in [0.25, 0.3) is 0 Å². The molecular weight excluding hydrogens is 451 g/mol. The monoisotopic (exact) mass is 468 g/mol. The van der Waals surface area contributed by atoms with Crippen molar-refractivity contribution in [3.63, 3.8) is 0 Å². The zero-order chi connectivity index (χ0) is 23.0. The van der Waals surface area contributed by atoms with Crippen molar-refractivity contribution in [3.05, 3.63) is 114 Å². The molecule has 7 heteroatoms. The molecule has 32 heavy (non-hydrogen) atoms. The van der Waals surface area contributed by atoms with Crippen molar-refractivity contribution in [2.75, 3.05) is 0 Å². The van der Waals surface area contributed by atoms with Gasteiger partial charge in [-0.05, 0) is 41.5 Å². The van der Waals surface area contributed by atoms with Gasteiger partial charge < -0.3 is 0 Å². The number of hydrogen-bond donors (Lipinski definition) is 0. The quantitative estimate of drug-likeness (QED) is 0.428. The summed E-state index contributed by atoms with van der Waals surface area (Å²) >= 11 is 6.57. The first-order chi connectivity index (χ1) is 15.3. The predicted molar refractivity (Wildman–Crippen MR) is 114 cm³/mol. The SMILES string of the molecule is Cl/C(=C\c1cc(-c2ccccc2)[o+]c(-c2ccccc2)c1)c1ccccc1.[O-][Cl+3]([O-])([O-])[O-]. The van der Waals surface area contributed by atoms with E-state index in [0.717, 1.165) is 33.8 Å². The van der Waals surface area contributed by atoms with Gasteiger partial charge in [0.2, 0.25) is 0 Å². The number of benzene rings is 3. The molecular formula is C25H18Cl2O5. The lowest BCUT2D eigenvalue weighted by atomic mass is 10.1. The minimum atomic E-state index is -4.94. The number of hydrogen-bond acceptors (Lipinski definition) is 4. The molecule has 1 heterocycles. The third-order valence-corrected chi connectivity index (χ3v) is 4.60. The zero-order valence-electron chi connectivity index (χ0n) is 16.7. The maximum absolute atomic E-state index is 8.49. The Bertz CT molecular complexity index is 1100. The van der Waals surface area contributed by atoms with Gasteiger partial charge in [-0.15, -0.1) is 10.2 Å². The Balaban J connectivity index is 0.000000523. The number of halogens is 2. The predicted octanol–water partition coefficient (Wildman–Crippen LogP) is 2.88. The highest BCUT2D eigenvalue weighted by Crippen LogP contribution is 2.31. The Morgan fingerprint density at radius 1 is 0.656 bits per heavy atom. The van der Waals surface area contributed by atoms with Gasteiger partial charge in [0, 0.05) is 5.03 Å². The molecule has 0 bridgehead atoms. The summed E-state index contributed by atoms with van der Waals surface area (Å²) in [5.74, 6) is 1.61. The maximum Gasteiger partial charge on any atom is 0.361 e.